The highest BCUT2D eigenvalue weighted by Gasteiger charge is 2.16. The molecule has 0 aliphatic heterocycles. The Labute approximate surface area is 155 Å². The van der Waals surface area contributed by atoms with Crippen LogP contribution >= 0.6 is 0 Å². The Morgan fingerprint density at radius 1 is 1.19 bits per heavy atom. The van der Waals surface area contributed by atoms with E-state index in [4.69, 9.17) is 9.47 Å². The summed E-state index contributed by atoms with van der Waals surface area (Å²) < 4.78 is 13.1. The Morgan fingerprint density at radius 3 is 2.50 bits per heavy atom. The zero-order valence-electron chi connectivity index (χ0n) is 16.3. The van der Waals surface area contributed by atoms with Gasteiger partial charge < -0.3 is 14.8 Å². The van der Waals surface area contributed by atoms with E-state index in [-0.39, 0.29) is 18.4 Å². The molecular formula is C20H29N3O3. The van der Waals surface area contributed by atoms with Crippen LogP contribution in [0.15, 0.2) is 24.4 Å². The topological polar surface area (TPSA) is 65.4 Å². The summed E-state index contributed by atoms with van der Waals surface area (Å²) in [6, 6.07) is 5.55. The van der Waals surface area contributed by atoms with Crippen LogP contribution in [-0.2, 0) is 17.8 Å². The first kappa shape index (κ1) is 19.8. The number of benzene rings is 1. The third-order valence-corrected chi connectivity index (χ3v) is 4.12. The average Bonchev–Trinajstić information content (AvgIpc) is 2.98. The van der Waals surface area contributed by atoms with E-state index in [0.29, 0.717) is 24.7 Å². The second-order valence-corrected chi connectivity index (χ2v) is 6.14. The van der Waals surface area contributed by atoms with Gasteiger partial charge in [-0.1, -0.05) is 6.07 Å². The van der Waals surface area contributed by atoms with Crippen molar-refractivity contribution < 1.29 is 14.3 Å². The van der Waals surface area contributed by atoms with Crippen molar-refractivity contribution >= 4 is 5.91 Å². The van der Waals surface area contributed by atoms with Crippen molar-refractivity contribution in [3.63, 3.8) is 0 Å². The van der Waals surface area contributed by atoms with Gasteiger partial charge >= 0.3 is 0 Å². The van der Waals surface area contributed by atoms with Gasteiger partial charge in [0.15, 0.2) is 11.5 Å². The van der Waals surface area contributed by atoms with Gasteiger partial charge in [-0.05, 0) is 52.3 Å². The maximum atomic E-state index is 12.5. The van der Waals surface area contributed by atoms with Crippen molar-refractivity contribution in [2.45, 2.75) is 53.6 Å². The molecule has 1 aromatic carbocycles. The Kier molecular flexibility index (Phi) is 7.06. The fourth-order valence-electron chi connectivity index (χ4n) is 2.88. The van der Waals surface area contributed by atoms with Gasteiger partial charge in [-0.25, -0.2) is 0 Å². The number of rotatable bonds is 9. The molecule has 0 saturated heterocycles. The molecule has 2 rings (SSSR count). The number of aromatic nitrogens is 2. The average molecular weight is 359 g/mol. The summed E-state index contributed by atoms with van der Waals surface area (Å²) in [5, 5.41) is 7.49. The second kappa shape index (κ2) is 9.27. The minimum absolute atomic E-state index is 0.0345. The predicted molar refractivity (Wildman–Crippen MR) is 102 cm³/mol. The first-order valence-corrected chi connectivity index (χ1v) is 9.20. The fourth-order valence-corrected chi connectivity index (χ4v) is 2.88. The number of nitrogens with one attached hydrogen (secondary N) is 1. The highest BCUT2D eigenvalue weighted by atomic mass is 16.5. The predicted octanol–water partition coefficient (Wildman–Crippen LogP) is 3.43. The molecule has 0 aliphatic carbocycles. The van der Waals surface area contributed by atoms with Crippen LogP contribution in [0.25, 0.3) is 0 Å². The summed E-state index contributed by atoms with van der Waals surface area (Å²) in [6.07, 6.45) is 2.28. The van der Waals surface area contributed by atoms with Crippen LogP contribution in [0.5, 0.6) is 11.5 Å². The first-order chi connectivity index (χ1) is 12.5. The summed E-state index contributed by atoms with van der Waals surface area (Å²) >= 11 is 0. The number of ether oxygens (including phenoxy) is 2. The van der Waals surface area contributed by atoms with Crippen LogP contribution in [0.3, 0.4) is 0 Å². The SMILES string of the molecule is CCOc1ccc(CC(=O)NC(C)c2cn(CC)nc2C)cc1OCC. The number of carbonyl (C=O) groups excluding carboxylic acids is 1. The standard InChI is InChI=1S/C20H29N3O3/c1-6-23-13-17(15(5)22-23)14(4)21-20(24)12-16-9-10-18(25-7-2)19(11-16)26-8-3/h9-11,13-14H,6-8,12H2,1-5H3,(H,21,24). The number of aryl methyl sites for hydroxylation is 2. The smallest absolute Gasteiger partial charge is 0.224 e. The molecule has 6 heteroatoms. The number of hydrogen-bond donors (Lipinski definition) is 1. The van der Waals surface area contributed by atoms with E-state index >= 15 is 0 Å². The molecule has 0 fully saturated rings. The second-order valence-electron chi connectivity index (χ2n) is 6.14. The fraction of sp³-hybridized carbons (Fsp3) is 0.500. The summed E-state index contributed by atoms with van der Waals surface area (Å²) in [7, 11) is 0. The number of amides is 1. The lowest BCUT2D eigenvalue weighted by Crippen LogP contribution is -2.28. The van der Waals surface area contributed by atoms with Crippen LogP contribution in [0.4, 0.5) is 0 Å². The van der Waals surface area contributed by atoms with Crippen molar-refractivity contribution in [1.29, 1.82) is 0 Å². The van der Waals surface area contributed by atoms with E-state index in [2.05, 4.69) is 10.4 Å². The third-order valence-electron chi connectivity index (χ3n) is 4.12. The van der Waals surface area contributed by atoms with E-state index in [0.717, 1.165) is 23.4 Å². The van der Waals surface area contributed by atoms with E-state index in [1.165, 1.54) is 0 Å². The molecule has 1 atom stereocenters. The highest BCUT2D eigenvalue weighted by Crippen LogP contribution is 2.28. The maximum Gasteiger partial charge on any atom is 0.224 e. The lowest BCUT2D eigenvalue weighted by Gasteiger charge is -2.15. The van der Waals surface area contributed by atoms with Crippen molar-refractivity contribution in [2.75, 3.05) is 13.2 Å². The van der Waals surface area contributed by atoms with E-state index in [1.54, 1.807) is 0 Å². The van der Waals surface area contributed by atoms with Crippen molar-refractivity contribution in [3.8, 4) is 11.5 Å². The lowest BCUT2D eigenvalue weighted by molar-refractivity contribution is -0.121. The molecule has 0 aliphatic rings. The van der Waals surface area contributed by atoms with Gasteiger partial charge in [0.25, 0.3) is 0 Å². The quantitative estimate of drug-likeness (QED) is 0.745. The number of hydrogen-bond acceptors (Lipinski definition) is 4. The minimum atomic E-state index is -0.0862. The van der Waals surface area contributed by atoms with Gasteiger partial charge in [0.1, 0.15) is 0 Å². The van der Waals surface area contributed by atoms with Gasteiger partial charge in [-0.15, -0.1) is 0 Å². The van der Waals surface area contributed by atoms with E-state index in [1.807, 2.05) is 63.7 Å². The van der Waals surface area contributed by atoms with Gasteiger partial charge in [0.2, 0.25) is 5.91 Å². The molecule has 1 N–H and O–H groups in total. The first-order valence-electron chi connectivity index (χ1n) is 9.20. The van der Waals surface area contributed by atoms with Gasteiger partial charge in [-0.2, -0.15) is 5.10 Å². The van der Waals surface area contributed by atoms with Gasteiger partial charge in [0.05, 0.1) is 31.4 Å². The Hall–Kier alpha value is -2.50. The monoisotopic (exact) mass is 359 g/mol. The molecule has 0 radical (unpaired) electrons. The van der Waals surface area contributed by atoms with Crippen molar-refractivity contribution in [3.05, 3.63) is 41.2 Å². The molecule has 1 unspecified atom stereocenters. The van der Waals surface area contributed by atoms with Crippen LogP contribution in [0.2, 0.25) is 0 Å². The molecule has 2 aromatic rings. The summed E-state index contributed by atoms with van der Waals surface area (Å²) in [6.45, 7) is 11.8. The normalized spacial score (nSPS) is 11.9. The summed E-state index contributed by atoms with van der Waals surface area (Å²) in [4.78, 5) is 12.5. The Bertz CT molecular complexity index is 740. The molecule has 6 nitrogen and oxygen atoms in total. The molecule has 0 bridgehead atoms. The number of nitrogens with zero attached hydrogens (tertiary/aromatic N) is 2. The third kappa shape index (κ3) is 5.00. The molecule has 0 spiro atoms. The van der Waals surface area contributed by atoms with Crippen molar-refractivity contribution in [1.82, 2.24) is 15.1 Å². The maximum absolute atomic E-state index is 12.5. The zero-order chi connectivity index (χ0) is 19.1. The zero-order valence-corrected chi connectivity index (χ0v) is 16.3. The van der Waals surface area contributed by atoms with Gasteiger partial charge in [-0.3, -0.25) is 9.48 Å². The largest absolute Gasteiger partial charge is 0.490 e. The van der Waals surface area contributed by atoms with Gasteiger partial charge in [0, 0.05) is 18.3 Å². The Balaban J connectivity index is 2.04. The minimum Gasteiger partial charge on any atom is -0.490 e. The van der Waals surface area contributed by atoms with E-state index < -0.39 is 0 Å². The molecular weight excluding hydrogens is 330 g/mol. The van der Waals surface area contributed by atoms with Crippen LogP contribution in [0.1, 0.15) is 50.6 Å². The molecule has 26 heavy (non-hydrogen) atoms. The van der Waals surface area contributed by atoms with E-state index in [9.17, 15) is 4.79 Å². The van der Waals surface area contributed by atoms with Crippen molar-refractivity contribution in [2.24, 2.45) is 0 Å². The Morgan fingerprint density at radius 2 is 1.88 bits per heavy atom. The summed E-state index contributed by atoms with van der Waals surface area (Å²) in [5.74, 6) is 1.34. The van der Waals surface area contributed by atoms with Crippen LogP contribution < -0.4 is 14.8 Å². The number of carbonyl (C=O) groups is 1. The summed E-state index contributed by atoms with van der Waals surface area (Å²) in [5.41, 5.74) is 2.88. The lowest BCUT2D eigenvalue weighted by atomic mass is 10.1. The molecule has 0 saturated carbocycles. The van der Waals surface area contributed by atoms with Crippen LogP contribution in [-0.4, -0.2) is 28.9 Å². The molecule has 1 heterocycles. The molecule has 142 valence electrons. The highest BCUT2D eigenvalue weighted by molar-refractivity contribution is 5.79. The molecule has 1 aromatic heterocycles. The molecule has 1 amide bonds. The van der Waals surface area contributed by atoms with Crippen LogP contribution in [0, 0.1) is 6.92 Å².